The molecule has 2 saturated heterocycles. The summed E-state index contributed by atoms with van der Waals surface area (Å²) in [5, 5.41) is 3.71. The van der Waals surface area contributed by atoms with Crippen molar-refractivity contribution in [3.63, 3.8) is 0 Å². The molecule has 0 spiro atoms. The Balaban J connectivity index is 1.70. The van der Waals surface area contributed by atoms with Crippen LogP contribution in [0.3, 0.4) is 0 Å². The first kappa shape index (κ1) is 15.0. The average molecular weight is 288 g/mol. The number of ether oxygens (including phenoxy) is 1. The van der Waals surface area contributed by atoms with E-state index in [-0.39, 0.29) is 0 Å². The lowest BCUT2D eigenvalue weighted by Crippen LogP contribution is -2.53. The van der Waals surface area contributed by atoms with Crippen LogP contribution in [0.25, 0.3) is 0 Å². The molecule has 2 heterocycles. The maximum atomic E-state index is 5.68. The van der Waals surface area contributed by atoms with Crippen LogP contribution >= 0.6 is 0 Å². The number of nitrogens with one attached hydrogen (secondary N) is 1. The normalized spacial score (nSPS) is 31.2. The number of hydrogen-bond acceptors (Lipinski definition) is 3. The van der Waals surface area contributed by atoms with Crippen LogP contribution in [-0.2, 0) is 4.74 Å². The minimum atomic E-state index is 0.510. The van der Waals surface area contributed by atoms with E-state index in [0.717, 1.165) is 26.3 Å². The molecule has 2 aliphatic rings. The first-order valence-corrected chi connectivity index (χ1v) is 8.47. The van der Waals surface area contributed by atoms with E-state index in [2.05, 4.69) is 47.5 Å². The number of hydrogen-bond donors (Lipinski definition) is 1. The fourth-order valence-electron chi connectivity index (χ4n) is 3.64. The first-order chi connectivity index (χ1) is 10.4. The number of nitrogens with zero attached hydrogens (tertiary/aromatic N) is 1. The predicted octanol–water partition coefficient (Wildman–Crippen LogP) is 2.84. The fourth-order valence-corrected chi connectivity index (χ4v) is 3.64. The molecule has 0 saturated carbocycles. The number of benzene rings is 1. The molecule has 1 N–H and O–H groups in total. The Kier molecular flexibility index (Phi) is 5.28. The van der Waals surface area contributed by atoms with E-state index >= 15 is 0 Å². The molecule has 21 heavy (non-hydrogen) atoms. The molecule has 2 aliphatic heterocycles. The van der Waals surface area contributed by atoms with Gasteiger partial charge in [-0.05, 0) is 30.7 Å². The van der Waals surface area contributed by atoms with Gasteiger partial charge in [0.25, 0.3) is 0 Å². The highest BCUT2D eigenvalue weighted by molar-refractivity contribution is 5.20. The van der Waals surface area contributed by atoms with Gasteiger partial charge in [-0.25, -0.2) is 0 Å². The van der Waals surface area contributed by atoms with Crippen LogP contribution in [0, 0.1) is 5.92 Å². The first-order valence-electron chi connectivity index (χ1n) is 8.47. The maximum Gasteiger partial charge on any atom is 0.0506 e. The van der Waals surface area contributed by atoms with Crippen LogP contribution in [0.4, 0.5) is 0 Å². The molecule has 1 aromatic rings. The SMILES string of the molecule is CCC1CN(CC2CCCOC2)C(c2ccccc2)CN1. The van der Waals surface area contributed by atoms with E-state index in [1.165, 1.54) is 31.4 Å². The van der Waals surface area contributed by atoms with Gasteiger partial charge in [0.2, 0.25) is 0 Å². The molecule has 0 aromatic heterocycles. The fraction of sp³-hybridized carbons (Fsp3) is 0.667. The summed E-state index contributed by atoms with van der Waals surface area (Å²) >= 11 is 0. The van der Waals surface area contributed by atoms with Crippen molar-refractivity contribution >= 4 is 0 Å². The Morgan fingerprint density at radius 3 is 2.86 bits per heavy atom. The van der Waals surface area contributed by atoms with Crippen molar-refractivity contribution in [1.29, 1.82) is 0 Å². The van der Waals surface area contributed by atoms with E-state index in [9.17, 15) is 0 Å². The van der Waals surface area contributed by atoms with Crippen molar-refractivity contribution in [1.82, 2.24) is 10.2 Å². The molecule has 116 valence electrons. The molecule has 1 aromatic carbocycles. The Labute approximate surface area is 128 Å². The summed E-state index contributed by atoms with van der Waals surface area (Å²) in [5.74, 6) is 0.709. The van der Waals surface area contributed by atoms with Crippen molar-refractivity contribution in [3.05, 3.63) is 35.9 Å². The van der Waals surface area contributed by atoms with Crippen LogP contribution in [-0.4, -0.2) is 43.8 Å². The highest BCUT2D eigenvalue weighted by Crippen LogP contribution is 2.27. The Morgan fingerprint density at radius 1 is 1.29 bits per heavy atom. The summed E-state index contributed by atoms with van der Waals surface area (Å²) in [4.78, 5) is 2.69. The van der Waals surface area contributed by atoms with Gasteiger partial charge in [0.05, 0.1) is 6.61 Å². The standard InChI is InChI=1S/C18H28N2O/c1-2-17-13-20(12-15-7-6-10-21-14-15)18(11-19-17)16-8-4-3-5-9-16/h3-5,8-9,15,17-19H,2,6-7,10-14H2,1H3. The molecule has 0 radical (unpaired) electrons. The van der Waals surface area contributed by atoms with Gasteiger partial charge >= 0.3 is 0 Å². The second-order valence-electron chi connectivity index (χ2n) is 6.48. The summed E-state index contributed by atoms with van der Waals surface area (Å²) in [6.45, 7) is 7.59. The molecule has 0 amide bonds. The van der Waals surface area contributed by atoms with Crippen LogP contribution in [0.5, 0.6) is 0 Å². The van der Waals surface area contributed by atoms with Gasteiger partial charge in [-0.1, -0.05) is 37.3 Å². The molecular formula is C18H28N2O. The van der Waals surface area contributed by atoms with Gasteiger partial charge in [0, 0.05) is 38.3 Å². The van der Waals surface area contributed by atoms with Crippen LogP contribution in [0.15, 0.2) is 30.3 Å². The third-order valence-electron chi connectivity index (χ3n) is 4.92. The van der Waals surface area contributed by atoms with Crippen molar-refractivity contribution < 1.29 is 4.74 Å². The summed E-state index contributed by atoms with van der Waals surface area (Å²) in [7, 11) is 0. The van der Waals surface area contributed by atoms with E-state index in [1.807, 2.05) is 0 Å². The number of piperazine rings is 1. The van der Waals surface area contributed by atoms with Crippen molar-refractivity contribution in [2.24, 2.45) is 5.92 Å². The Hall–Kier alpha value is -0.900. The lowest BCUT2D eigenvalue weighted by Gasteiger charge is -2.42. The largest absolute Gasteiger partial charge is 0.381 e. The summed E-state index contributed by atoms with van der Waals surface area (Å²) in [6.07, 6.45) is 3.76. The monoisotopic (exact) mass is 288 g/mol. The van der Waals surface area contributed by atoms with Gasteiger partial charge in [-0.2, -0.15) is 0 Å². The molecule has 0 bridgehead atoms. The quantitative estimate of drug-likeness (QED) is 0.922. The second kappa shape index (κ2) is 7.39. The summed E-state index contributed by atoms with van der Waals surface area (Å²) in [5.41, 5.74) is 1.44. The third kappa shape index (κ3) is 3.85. The van der Waals surface area contributed by atoms with Gasteiger partial charge < -0.3 is 10.1 Å². The van der Waals surface area contributed by atoms with Gasteiger partial charge in [-0.3, -0.25) is 4.90 Å². The average Bonchev–Trinajstić information content (AvgIpc) is 2.56. The number of rotatable bonds is 4. The minimum Gasteiger partial charge on any atom is -0.381 e. The molecule has 3 nitrogen and oxygen atoms in total. The minimum absolute atomic E-state index is 0.510. The lowest BCUT2D eigenvalue weighted by atomic mass is 9.96. The van der Waals surface area contributed by atoms with E-state index < -0.39 is 0 Å². The summed E-state index contributed by atoms with van der Waals surface area (Å²) in [6, 6.07) is 12.1. The molecule has 3 rings (SSSR count). The van der Waals surface area contributed by atoms with Crippen molar-refractivity contribution in [3.8, 4) is 0 Å². The maximum absolute atomic E-state index is 5.68. The van der Waals surface area contributed by atoms with Gasteiger partial charge in [0.1, 0.15) is 0 Å². The smallest absolute Gasteiger partial charge is 0.0506 e. The zero-order valence-electron chi connectivity index (χ0n) is 13.1. The Bertz CT molecular complexity index is 416. The van der Waals surface area contributed by atoms with Crippen LogP contribution in [0.1, 0.15) is 37.8 Å². The highest BCUT2D eigenvalue weighted by Gasteiger charge is 2.30. The van der Waals surface area contributed by atoms with E-state index in [1.54, 1.807) is 0 Å². The van der Waals surface area contributed by atoms with Gasteiger partial charge in [0.15, 0.2) is 0 Å². The third-order valence-corrected chi connectivity index (χ3v) is 4.92. The summed E-state index contributed by atoms with van der Waals surface area (Å²) < 4.78 is 5.68. The van der Waals surface area contributed by atoms with Crippen molar-refractivity contribution in [2.75, 3.05) is 32.8 Å². The molecule has 3 heteroatoms. The molecule has 0 aliphatic carbocycles. The van der Waals surface area contributed by atoms with Crippen molar-refractivity contribution in [2.45, 2.75) is 38.3 Å². The van der Waals surface area contributed by atoms with Gasteiger partial charge in [-0.15, -0.1) is 0 Å². The molecule has 2 fully saturated rings. The zero-order chi connectivity index (χ0) is 14.5. The van der Waals surface area contributed by atoms with Crippen LogP contribution < -0.4 is 5.32 Å². The topological polar surface area (TPSA) is 24.5 Å². The van der Waals surface area contributed by atoms with E-state index in [0.29, 0.717) is 18.0 Å². The zero-order valence-corrected chi connectivity index (χ0v) is 13.1. The molecular weight excluding hydrogens is 260 g/mol. The molecule has 3 unspecified atom stereocenters. The highest BCUT2D eigenvalue weighted by atomic mass is 16.5. The Morgan fingerprint density at radius 2 is 2.14 bits per heavy atom. The lowest BCUT2D eigenvalue weighted by molar-refractivity contribution is 0.0211. The predicted molar refractivity (Wildman–Crippen MR) is 86.4 cm³/mol. The van der Waals surface area contributed by atoms with Crippen LogP contribution in [0.2, 0.25) is 0 Å². The second-order valence-corrected chi connectivity index (χ2v) is 6.48. The molecule has 3 atom stereocenters. The van der Waals surface area contributed by atoms with E-state index in [4.69, 9.17) is 4.74 Å².